The molecule has 22 heavy (non-hydrogen) atoms. The van der Waals surface area contributed by atoms with E-state index in [2.05, 4.69) is 10.3 Å². The fourth-order valence-electron chi connectivity index (χ4n) is 1.58. The number of carbonyl (C=O) groups excluding carboxylic acids is 2. The number of hydrogen-bond donors (Lipinski definition) is 1. The Bertz CT molecular complexity index is 689. The number of aromatic nitrogens is 1. The summed E-state index contributed by atoms with van der Waals surface area (Å²) in [6.07, 6.45) is 0.420. The molecular weight excluding hydrogens is 327 g/mol. The van der Waals surface area contributed by atoms with E-state index in [0.29, 0.717) is 15.9 Å². The predicted molar refractivity (Wildman–Crippen MR) is 84.2 cm³/mol. The molecule has 2 aromatic rings. The molecule has 0 bridgehead atoms. The Hall–Kier alpha value is -2.11. The Labute approximate surface area is 137 Å². The maximum atomic E-state index is 11.9. The number of nitrogens with one attached hydrogen (secondary N) is 1. The van der Waals surface area contributed by atoms with E-state index in [1.807, 2.05) is 0 Å². The minimum absolute atomic E-state index is 0.275. The van der Waals surface area contributed by atoms with Crippen LogP contribution in [0.25, 0.3) is 0 Å². The molecule has 1 aromatic carbocycles. The van der Waals surface area contributed by atoms with Gasteiger partial charge < -0.3 is 10.1 Å². The topological polar surface area (TPSA) is 68.3 Å². The van der Waals surface area contributed by atoms with Gasteiger partial charge in [-0.2, -0.15) is 0 Å². The number of ether oxygens (including phenoxy) is 1. The van der Waals surface area contributed by atoms with E-state index in [0.717, 1.165) is 0 Å². The Balaban J connectivity index is 1.96. The first-order chi connectivity index (χ1) is 10.5. The molecule has 114 valence electrons. The number of nitrogens with zero attached hydrogens (tertiary/aromatic N) is 1. The van der Waals surface area contributed by atoms with Crippen LogP contribution in [0.15, 0.2) is 42.6 Å². The molecule has 0 saturated heterocycles. The average Bonchev–Trinajstić information content (AvgIpc) is 2.49. The fourth-order valence-corrected chi connectivity index (χ4v) is 1.88. The zero-order valence-corrected chi connectivity index (χ0v) is 13.1. The summed E-state index contributed by atoms with van der Waals surface area (Å²) in [7, 11) is 0. The number of benzene rings is 1. The molecule has 1 aromatic heterocycles. The van der Waals surface area contributed by atoms with Gasteiger partial charge in [0.2, 0.25) is 0 Å². The summed E-state index contributed by atoms with van der Waals surface area (Å²) < 4.78 is 5.09. The summed E-state index contributed by atoms with van der Waals surface area (Å²) in [6.45, 7) is 1.47. The molecule has 0 aliphatic carbocycles. The third kappa shape index (κ3) is 4.44. The quantitative estimate of drug-likeness (QED) is 0.865. The first kappa shape index (κ1) is 16.3. The van der Waals surface area contributed by atoms with E-state index < -0.39 is 18.0 Å². The van der Waals surface area contributed by atoms with E-state index in [1.165, 1.54) is 19.2 Å². The summed E-state index contributed by atoms with van der Waals surface area (Å²) in [6, 6.07) is 9.43. The average molecular weight is 339 g/mol. The van der Waals surface area contributed by atoms with Crippen LogP contribution < -0.4 is 5.32 Å². The summed E-state index contributed by atoms with van der Waals surface area (Å²) in [5.41, 5.74) is 0.275. The van der Waals surface area contributed by atoms with Crippen molar-refractivity contribution in [2.24, 2.45) is 0 Å². The highest BCUT2D eigenvalue weighted by Gasteiger charge is 2.19. The van der Waals surface area contributed by atoms with Crippen LogP contribution in [-0.2, 0) is 9.53 Å². The first-order valence-electron chi connectivity index (χ1n) is 6.34. The lowest BCUT2D eigenvalue weighted by molar-refractivity contribution is -0.123. The van der Waals surface area contributed by atoms with Gasteiger partial charge >= 0.3 is 5.97 Å². The van der Waals surface area contributed by atoms with Crippen LogP contribution in [-0.4, -0.2) is 23.0 Å². The zero-order valence-electron chi connectivity index (χ0n) is 11.5. The van der Waals surface area contributed by atoms with Gasteiger partial charge in [-0.1, -0.05) is 29.3 Å². The second-order valence-electron chi connectivity index (χ2n) is 4.41. The van der Waals surface area contributed by atoms with Crippen molar-refractivity contribution in [3.63, 3.8) is 0 Å². The second kappa shape index (κ2) is 7.24. The van der Waals surface area contributed by atoms with Crippen molar-refractivity contribution in [3.8, 4) is 0 Å². The van der Waals surface area contributed by atoms with Crippen molar-refractivity contribution < 1.29 is 14.3 Å². The molecule has 2 rings (SSSR count). The molecule has 0 aliphatic rings. The molecular formula is C15H12Cl2N2O3. The van der Waals surface area contributed by atoms with Gasteiger partial charge in [-0.25, -0.2) is 9.78 Å². The van der Waals surface area contributed by atoms with Crippen LogP contribution in [0.4, 0.5) is 5.82 Å². The number of halogens is 2. The molecule has 7 heteroatoms. The molecule has 1 heterocycles. The monoisotopic (exact) mass is 338 g/mol. The number of anilines is 1. The van der Waals surface area contributed by atoms with Crippen LogP contribution in [0.5, 0.6) is 0 Å². The zero-order chi connectivity index (χ0) is 16.1. The number of carbonyl (C=O) groups is 2. The summed E-state index contributed by atoms with van der Waals surface area (Å²) in [5, 5.41) is 3.40. The summed E-state index contributed by atoms with van der Waals surface area (Å²) in [4.78, 5) is 27.8. The maximum absolute atomic E-state index is 11.9. The molecule has 1 N–H and O–H groups in total. The van der Waals surface area contributed by atoms with Crippen molar-refractivity contribution in [3.05, 3.63) is 58.2 Å². The van der Waals surface area contributed by atoms with Crippen LogP contribution >= 0.6 is 23.2 Å². The molecule has 0 radical (unpaired) electrons. The van der Waals surface area contributed by atoms with E-state index in [1.54, 1.807) is 30.3 Å². The number of amides is 1. The molecule has 0 unspecified atom stereocenters. The van der Waals surface area contributed by atoms with E-state index in [9.17, 15) is 9.59 Å². The second-order valence-corrected chi connectivity index (χ2v) is 5.28. The normalized spacial score (nSPS) is 11.6. The van der Waals surface area contributed by atoms with E-state index >= 15 is 0 Å². The molecule has 1 atom stereocenters. The Morgan fingerprint density at radius 3 is 2.59 bits per heavy atom. The van der Waals surface area contributed by atoms with Crippen molar-refractivity contribution >= 4 is 40.9 Å². The molecule has 0 saturated carbocycles. The molecule has 1 amide bonds. The number of esters is 1. The van der Waals surface area contributed by atoms with Crippen molar-refractivity contribution in [1.82, 2.24) is 4.98 Å². The SMILES string of the molecule is C[C@@H](OC(=O)c1cccc(Cl)c1)C(=O)Nc1ccc(Cl)cn1. The highest BCUT2D eigenvalue weighted by molar-refractivity contribution is 6.31. The maximum Gasteiger partial charge on any atom is 0.338 e. The van der Waals surface area contributed by atoms with Crippen molar-refractivity contribution in [2.45, 2.75) is 13.0 Å². The standard InChI is InChI=1S/C15H12Cl2N2O3/c1-9(14(20)19-13-6-5-12(17)8-18-13)22-15(21)10-3-2-4-11(16)7-10/h2-9H,1H3,(H,18,19,20)/t9-/m1/s1. The summed E-state index contributed by atoms with van der Waals surface area (Å²) >= 11 is 11.5. The summed E-state index contributed by atoms with van der Waals surface area (Å²) in [5.74, 6) is -0.806. The van der Waals surface area contributed by atoms with Crippen LogP contribution in [0, 0.1) is 0 Å². The predicted octanol–water partition coefficient (Wildman–Crippen LogP) is 3.57. The van der Waals surface area contributed by atoms with Gasteiger partial charge in [0.25, 0.3) is 5.91 Å². The number of pyridine rings is 1. The third-order valence-corrected chi connectivity index (χ3v) is 3.15. The molecule has 5 nitrogen and oxygen atoms in total. The highest BCUT2D eigenvalue weighted by atomic mass is 35.5. The minimum Gasteiger partial charge on any atom is -0.449 e. The lowest BCUT2D eigenvalue weighted by atomic mass is 10.2. The lowest BCUT2D eigenvalue weighted by Crippen LogP contribution is -2.30. The smallest absolute Gasteiger partial charge is 0.338 e. The van der Waals surface area contributed by atoms with Crippen LogP contribution in [0.3, 0.4) is 0 Å². The Kier molecular flexibility index (Phi) is 5.35. The first-order valence-corrected chi connectivity index (χ1v) is 7.10. The lowest BCUT2D eigenvalue weighted by Gasteiger charge is -2.13. The Morgan fingerprint density at radius 1 is 1.18 bits per heavy atom. The van der Waals surface area contributed by atoms with Gasteiger partial charge in [0.05, 0.1) is 10.6 Å². The number of hydrogen-bond acceptors (Lipinski definition) is 4. The fraction of sp³-hybridized carbons (Fsp3) is 0.133. The van der Waals surface area contributed by atoms with E-state index in [-0.39, 0.29) is 5.56 Å². The highest BCUT2D eigenvalue weighted by Crippen LogP contribution is 2.13. The van der Waals surface area contributed by atoms with Crippen molar-refractivity contribution in [2.75, 3.05) is 5.32 Å². The van der Waals surface area contributed by atoms with Crippen LogP contribution in [0.2, 0.25) is 10.0 Å². The van der Waals surface area contributed by atoms with Crippen LogP contribution in [0.1, 0.15) is 17.3 Å². The van der Waals surface area contributed by atoms with E-state index in [4.69, 9.17) is 27.9 Å². The largest absolute Gasteiger partial charge is 0.449 e. The van der Waals surface area contributed by atoms with Gasteiger partial charge in [0.15, 0.2) is 6.10 Å². The van der Waals surface area contributed by atoms with Gasteiger partial charge in [-0.15, -0.1) is 0 Å². The Morgan fingerprint density at radius 2 is 1.95 bits per heavy atom. The molecule has 0 spiro atoms. The van der Waals surface area contributed by atoms with Gasteiger partial charge in [0, 0.05) is 11.2 Å². The van der Waals surface area contributed by atoms with Gasteiger partial charge in [0.1, 0.15) is 5.82 Å². The van der Waals surface area contributed by atoms with Gasteiger partial charge in [-0.3, -0.25) is 4.79 Å². The molecule has 0 aliphatic heterocycles. The third-order valence-electron chi connectivity index (χ3n) is 2.69. The van der Waals surface area contributed by atoms with Gasteiger partial charge in [-0.05, 0) is 37.3 Å². The number of rotatable bonds is 4. The minimum atomic E-state index is -0.982. The van der Waals surface area contributed by atoms with Crippen molar-refractivity contribution in [1.29, 1.82) is 0 Å². The molecule has 0 fully saturated rings.